The van der Waals surface area contributed by atoms with Crippen molar-refractivity contribution in [3.8, 4) is 28.5 Å². The van der Waals surface area contributed by atoms with Crippen molar-refractivity contribution in [2.75, 3.05) is 0 Å². The van der Waals surface area contributed by atoms with Crippen LogP contribution in [0.15, 0.2) is 48.8 Å². The number of benzene rings is 2. The van der Waals surface area contributed by atoms with Crippen LogP contribution in [-0.2, 0) is 4.79 Å². The van der Waals surface area contributed by atoms with Crippen molar-refractivity contribution in [1.29, 1.82) is 0 Å². The number of fused-ring (bicyclic) bond motifs is 1. The second-order valence-electron chi connectivity index (χ2n) is 8.90. The summed E-state index contributed by atoms with van der Waals surface area (Å²) in [6.45, 7) is 1.99. The molecule has 2 aromatic heterocycles. The number of rotatable bonds is 6. The molecule has 174 valence electrons. The first-order valence-corrected chi connectivity index (χ1v) is 11.4. The average Bonchev–Trinajstić information content (AvgIpc) is 3.23. The zero-order valence-corrected chi connectivity index (χ0v) is 18.8. The Morgan fingerprint density at radius 1 is 1.12 bits per heavy atom. The fraction of sp³-hybridized carbons (Fsp3) is 0.308. The van der Waals surface area contributed by atoms with Crippen LogP contribution in [0.5, 0.6) is 5.88 Å². The SMILES string of the molecule is Cc1ccc2[nH]c(-c3ccc(-c4cnc(O[C@H]5CC[C@H](CC(=O)O)CC5)cn4)cc3F)nc2c1. The topological polar surface area (TPSA) is 101 Å². The number of nitrogens with one attached hydrogen (secondary N) is 1. The Morgan fingerprint density at radius 2 is 1.94 bits per heavy atom. The van der Waals surface area contributed by atoms with Gasteiger partial charge < -0.3 is 14.8 Å². The molecule has 5 rings (SSSR count). The average molecular weight is 461 g/mol. The molecule has 0 radical (unpaired) electrons. The van der Waals surface area contributed by atoms with Gasteiger partial charge in [-0.05, 0) is 68.4 Å². The van der Waals surface area contributed by atoms with E-state index in [0.29, 0.717) is 28.5 Å². The Labute approximate surface area is 196 Å². The number of aromatic nitrogens is 4. The molecule has 0 amide bonds. The van der Waals surface area contributed by atoms with Gasteiger partial charge in [-0.15, -0.1) is 0 Å². The summed E-state index contributed by atoms with van der Waals surface area (Å²) in [5, 5.41) is 8.94. The Balaban J connectivity index is 1.26. The summed E-state index contributed by atoms with van der Waals surface area (Å²) in [7, 11) is 0. The molecule has 0 unspecified atom stereocenters. The highest BCUT2D eigenvalue weighted by molar-refractivity contribution is 5.80. The van der Waals surface area contributed by atoms with Crippen LogP contribution in [0.3, 0.4) is 0 Å². The van der Waals surface area contributed by atoms with Gasteiger partial charge in [0.15, 0.2) is 0 Å². The molecule has 0 bridgehead atoms. The summed E-state index contributed by atoms with van der Waals surface area (Å²) < 4.78 is 20.9. The predicted octanol–water partition coefficient (Wildman–Crippen LogP) is 5.55. The molecule has 0 saturated heterocycles. The first-order valence-electron chi connectivity index (χ1n) is 11.4. The van der Waals surface area contributed by atoms with Crippen LogP contribution in [0.1, 0.15) is 37.7 Å². The van der Waals surface area contributed by atoms with Crippen molar-refractivity contribution in [2.24, 2.45) is 5.92 Å². The fourth-order valence-corrected chi connectivity index (χ4v) is 4.51. The number of ether oxygens (including phenoxy) is 1. The van der Waals surface area contributed by atoms with Gasteiger partial charge in [-0.1, -0.05) is 12.1 Å². The summed E-state index contributed by atoms with van der Waals surface area (Å²) in [5.41, 5.74) is 4.31. The standard InChI is InChI=1S/C26H25FN4O3/c1-15-2-9-21-22(10-15)31-26(30-21)19-8-5-17(12-20(19)27)23-13-29-24(14-28-23)34-18-6-3-16(4-7-18)11-25(32)33/h2,5,8-10,12-14,16,18H,3-4,6-7,11H2,1H3,(H,30,31)(H,32,33)/t16-,18-. The lowest BCUT2D eigenvalue weighted by molar-refractivity contribution is -0.138. The van der Waals surface area contributed by atoms with Gasteiger partial charge in [0.05, 0.1) is 34.7 Å². The molecule has 1 fully saturated rings. The number of carboxylic acid groups (broad SMARTS) is 1. The van der Waals surface area contributed by atoms with E-state index in [1.165, 1.54) is 6.07 Å². The minimum Gasteiger partial charge on any atom is -0.481 e. The molecule has 1 aliphatic rings. The minimum atomic E-state index is -0.747. The van der Waals surface area contributed by atoms with E-state index >= 15 is 0 Å². The van der Waals surface area contributed by atoms with Gasteiger partial charge in [-0.25, -0.2) is 19.3 Å². The number of hydrogen-bond donors (Lipinski definition) is 2. The van der Waals surface area contributed by atoms with Crippen LogP contribution in [0.2, 0.25) is 0 Å². The highest BCUT2D eigenvalue weighted by Crippen LogP contribution is 2.30. The Hall–Kier alpha value is -3.81. The monoisotopic (exact) mass is 460 g/mol. The van der Waals surface area contributed by atoms with Crippen LogP contribution in [0.25, 0.3) is 33.7 Å². The Morgan fingerprint density at radius 3 is 2.65 bits per heavy atom. The largest absolute Gasteiger partial charge is 0.481 e. The van der Waals surface area contributed by atoms with Crippen molar-refractivity contribution >= 4 is 17.0 Å². The van der Waals surface area contributed by atoms with Gasteiger partial charge in [-0.3, -0.25) is 4.79 Å². The summed E-state index contributed by atoms with van der Waals surface area (Å²) in [6, 6.07) is 10.8. The number of H-pyrrole nitrogens is 1. The van der Waals surface area contributed by atoms with E-state index in [-0.39, 0.29) is 18.4 Å². The normalized spacial score (nSPS) is 18.2. The number of aryl methyl sites for hydroxylation is 1. The number of aliphatic carboxylic acids is 1. The molecule has 0 atom stereocenters. The van der Waals surface area contributed by atoms with E-state index in [0.717, 1.165) is 42.3 Å². The van der Waals surface area contributed by atoms with E-state index < -0.39 is 11.8 Å². The third-order valence-electron chi connectivity index (χ3n) is 6.33. The second-order valence-corrected chi connectivity index (χ2v) is 8.90. The maximum atomic E-state index is 15.0. The first kappa shape index (κ1) is 22.0. The van der Waals surface area contributed by atoms with E-state index in [4.69, 9.17) is 9.84 Å². The zero-order valence-electron chi connectivity index (χ0n) is 18.8. The molecule has 0 spiro atoms. The summed E-state index contributed by atoms with van der Waals surface area (Å²) in [4.78, 5) is 27.3. The Bertz CT molecular complexity index is 1330. The Kier molecular flexibility index (Phi) is 5.96. The van der Waals surface area contributed by atoms with Gasteiger partial charge in [0.2, 0.25) is 5.88 Å². The molecular formula is C26H25FN4O3. The number of nitrogens with zero attached hydrogens (tertiary/aromatic N) is 3. The van der Waals surface area contributed by atoms with Crippen LogP contribution in [-0.4, -0.2) is 37.1 Å². The van der Waals surface area contributed by atoms with Crippen LogP contribution < -0.4 is 4.74 Å². The van der Waals surface area contributed by atoms with Gasteiger partial charge >= 0.3 is 5.97 Å². The van der Waals surface area contributed by atoms with Crippen LogP contribution in [0, 0.1) is 18.7 Å². The van der Waals surface area contributed by atoms with E-state index in [2.05, 4.69) is 19.9 Å². The number of imidazole rings is 1. The number of carbonyl (C=O) groups is 1. The van der Waals surface area contributed by atoms with E-state index in [1.54, 1.807) is 24.5 Å². The van der Waals surface area contributed by atoms with Gasteiger partial charge in [-0.2, -0.15) is 0 Å². The molecule has 2 heterocycles. The lowest BCUT2D eigenvalue weighted by Crippen LogP contribution is -2.25. The van der Waals surface area contributed by atoms with Crippen molar-refractivity contribution < 1.29 is 19.0 Å². The molecule has 1 saturated carbocycles. The van der Waals surface area contributed by atoms with Gasteiger partial charge in [0, 0.05) is 12.0 Å². The van der Waals surface area contributed by atoms with Crippen molar-refractivity contribution in [3.05, 3.63) is 60.2 Å². The summed E-state index contributed by atoms with van der Waals surface area (Å²) in [5.74, 6) is -0.0264. The van der Waals surface area contributed by atoms with Crippen LogP contribution in [0.4, 0.5) is 4.39 Å². The molecular weight excluding hydrogens is 435 g/mol. The lowest BCUT2D eigenvalue weighted by atomic mass is 9.85. The first-order chi connectivity index (χ1) is 16.4. The molecule has 34 heavy (non-hydrogen) atoms. The molecule has 0 aliphatic heterocycles. The molecule has 8 heteroatoms. The number of aromatic amines is 1. The zero-order chi connectivity index (χ0) is 23.7. The number of halogens is 1. The van der Waals surface area contributed by atoms with Crippen LogP contribution >= 0.6 is 0 Å². The van der Waals surface area contributed by atoms with Crippen molar-refractivity contribution in [1.82, 2.24) is 19.9 Å². The molecule has 7 nitrogen and oxygen atoms in total. The van der Waals surface area contributed by atoms with E-state index in [1.807, 2.05) is 25.1 Å². The third-order valence-corrected chi connectivity index (χ3v) is 6.33. The van der Waals surface area contributed by atoms with Crippen molar-refractivity contribution in [3.63, 3.8) is 0 Å². The number of carboxylic acids is 1. The lowest BCUT2D eigenvalue weighted by Gasteiger charge is -2.27. The molecule has 2 aromatic carbocycles. The smallest absolute Gasteiger partial charge is 0.303 e. The minimum absolute atomic E-state index is 0.00881. The summed E-state index contributed by atoms with van der Waals surface area (Å²) >= 11 is 0. The van der Waals surface area contributed by atoms with Crippen molar-refractivity contribution in [2.45, 2.75) is 45.1 Å². The fourth-order valence-electron chi connectivity index (χ4n) is 4.51. The van der Waals surface area contributed by atoms with Gasteiger partial charge in [0.1, 0.15) is 17.7 Å². The molecule has 4 aromatic rings. The molecule has 2 N–H and O–H groups in total. The van der Waals surface area contributed by atoms with Gasteiger partial charge in [0.25, 0.3) is 0 Å². The third kappa shape index (κ3) is 4.76. The second kappa shape index (κ2) is 9.21. The number of hydrogen-bond acceptors (Lipinski definition) is 5. The highest BCUT2D eigenvalue weighted by atomic mass is 19.1. The predicted molar refractivity (Wildman–Crippen MR) is 126 cm³/mol. The summed E-state index contributed by atoms with van der Waals surface area (Å²) in [6.07, 6.45) is 6.61. The highest BCUT2D eigenvalue weighted by Gasteiger charge is 2.24. The molecule has 1 aliphatic carbocycles. The maximum absolute atomic E-state index is 15.0. The maximum Gasteiger partial charge on any atom is 0.303 e. The quantitative estimate of drug-likeness (QED) is 0.391. The van der Waals surface area contributed by atoms with E-state index in [9.17, 15) is 9.18 Å².